The average Bonchev–Trinajstić information content (AvgIpc) is 3.30. The van der Waals surface area contributed by atoms with E-state index >= 15 is 0 Å². The molecule has 0 bridgehead atoms. The summed E-state index contributed by atoms with van der Waals surface area (Å²) in [7, 11) is -3.33. The molecule has 3 aromatic rings. The van der Waals surface area contributed by atoms with E-state index in [1.807, 2.05) is 12.2 Å². The van der Waals surface area contributed by atoms with Crippen LogP contribution in [-0.4, -0.2) is 78.1 Å². The number of carbonyl (C=O) groups excluding carboxylic acids is 2. The van der Waals surface area contributed by atoms with Crippen LogP contribution in [0.3, 0.4) is 0 Å². The number of rotatable bonds is 7. The standard InChI is InChI=1S/C29H29ClN4O6S/c1-41(39,40)22-9-7-21(8-10-22)31-28(36)23-4-2-3-5-25(23)32-12-14-33(15-13-32)27(35)18-34-24-11-6-20(30)16-19(24)17-26(34)29(37)38/h4-11,16-17H,2-3,12-15,18H2,1H3,(H,31,36)(H,37,38). The van der Waals surface area contributed by atoms with Crippen LogP contribution >= 0.6 is 11.6 Å². The molecule has 1 saturated heterocycles. The Kier molecular flexibility index (Phi) is 7.92. The highest BCUT2D eigenvalue weighted by molar-refractivity contribution is 7.90. The maximum Gasteiger partial charge on any atom is 0.352 e. The van der Waals surface area contributed by atoms with E-state index in [-0.39, 0.29) is 28.9 Å². The first-order valence-electron chi connectivity index (χ1n) is 13.1. The number of hydrogen-bond acceptors (Lipinski definition) is 6. The van der Waals surface area contributed by atoms with Crippen molar-refractivity contribution < 1.29 is 27.9 Å². The van der Waals surface area contributed by atoms with Gasteiger partial charge < -0.3 is 24.8 Å². The maximum absolute atomic E-state index is 13.2. The number of hydrogen-bond donors (Lipinski definition) is 2. The summed E-state index contributed by atoms with van der Waals surface area (Å²) in [6.45, 7) is 1.76. The third kappa shape index (κ3) is 6.15. The van der Waals surface area contributed by atoms with E-state index in [4.69, 9.17) is 11.6 Å². The van der Waals surface area contributed by atoms with Crippen molar-refractivity contribution in [3.63, 3.8) is 0 Å². The second-order valence-corrected chi connectivity index (χ2v) is 12.5. The molecule has 0 saturated carbocycles. The van der Waals surface area contributed by atoms with E-state index in [1.54, 1.807) is 35.2 Å². The zero-order valence-electron chi connectivity index (χ0n) is 22.3. The van der Waals surface area contributed by atoms with Crippen molar-refractivity contribution in [2.45, 2.75) is 24.3 Å². The van der Waals surface area contributed by atoms with Gasteiger partial charge in [-0.3, -0.25) is 9.59 Å². The fraction of sp³-hybridized carbons (Fsp3) is 0.276. The number of aromatic carboxylic acids is 1. The van der Waals surface area contributed by atoms with Gasteiger partial charge >= 0.3 is 5.97 Å². The van der Waals surface area contributed by atoms with Crippen LogP contribution in [0, 0.1) is 0 Å². The number of anilines is 1. The van der Waals surface area contributed by atoms with E-state index in [9.17, 15) is 27.9 Å². The Hall–Kier alpha value is -4.09. The number of carboxylic acid groups (broad SMARTS) is 1. The molecule has 10 nitrogen and oxygen atoms in total. The molecule has 2 N–H and O–H groups in total. The van der Waals surface area contributed by atoms with E-state index < -0.39 is 15.8 Å². The zero-order valence-corrected chi connectivity index (χ0v) is 23.9. The number of fused-ring (bicyclic) bond motifs is 1. The highest BCUT2D eigenvalue weighted by Gasteiger charge is 2.28. The number of nitrogens with zero attached hydrogens (tertiary/aromatic N) is 3. The highest BCUT2D eigenvalue weighted by atomic mass is 35.5. The molecule has 0 spiro atoms. The molecule has 12 heteroatoms. The van der Waals surface area contributed by atoms with Gasteiger partial charge in [0.15, 0.2) is 9.84 Å². The summed E-state index contributed by atoms with van der Waals surface area (Å²) in [4.78, 5) is 42.2. The largest absolute Gasteiger partial charge is 0.477 e. The number of sulfone groups is 1. The molecule has 2 amide bonds. The molecule has 1 fully saturated rings. The maximum atomic E-state index is 13.2. The lowest BCUT2D eigenvalue weighted by Crippen LogP contribution is -2.49. The highest BCUT2D eigenvalue weighted by Crippen LogP contribution is 2.27. The lowest BCUT2D eigenvalue weighted by molar-refractivity contribution is -0.133. The van der Waals surface area contributed by atoms with Crippen LogP contribution in [0.2, 0.25) is 5.02 Å². The Balaban J connectivity index is 1.23. The van der Waals surface area contributed by atoms with Crippen molar-refractivity contribution in [3.8, 4) is 0 Å². The smallest absolute Gasteiger partial charge is 0.352 e. The Morgan fingerprint density at radius 3 is 2.29 bits per heavy atom. The third-order valence-corrected chi connectivity index (χ3v) is 8.63. The Morgan fingerprint density at radius 1 is 0.951 bits per heavy atom. The lowest BCUT2D eigenvalue weighted by atomic mass is 10.0. The minimum absolute atomic E-state index is 0.0216. The number of aromatic nitrogens is 1. The Bertz CT molecular complexity index is 1700. The number of benzene rings is 2. The Labute approximate surface area is 242 Å². The zero-order chi connectivity index (χ0) is 29.3. The molecule has 2 aromatic carbocycles. The lowest BCUT2D eigenvalue weighted by Gasteiger charge is -2.38. The molecule has 1 aliphatic carbocycles. The summed E-state index contributed by atoms with van der Waals surface area (Å²) in [6.07, 6.45) is 6.56. The van der Waals surface area contributed by atoms with E-state index in [1.165, 1.54) is 22.8 Å². The summed E-state index contributed by atoms with van der Waals surface area (Å²) < 4.78 is 24.9. The van der Waals surface area contributed by atoms with Crippen molar-refractivity contribution in [2.75, 3.05) is 37.8 Å². The molecule has 214 valence electrons. The topological polar surface area (TPSA) is 129 Å². The quantitative estimate of drug-likeness (QED) is 0.425. The molecular weight excluding hydrogens is 568 g/mol. The van der Waals surface area contributed by atoms with Gasteiger partial charge in [-0.25, -0.2) is 13.2 Å². The first-order chi connectivity index (χ1) is 19.5. The van der Waals surface area contributed by atoms with Gasteiger partial charge in [0.2, 0.25) is 5.91 Å². The van der Waals surface area contributed by atoms with Crippen LogP contribution in [0.5, 0.6) is 0 Å². The van der Waals surface area contributed by atoms with Crippen molar-refractivity contribution in [1.29, 1.82) is 0 Å². The van der Waals surface area contributed by atoms with Gasteiger partial charge in [-0.05, 0) is 61.4 Å². The minimum Gasteiger partial charge on any atom is -0.477 e. The molecular formula is C29H29ClN4O6S. The van der Waals surface area contributed by atoms with Crippen LogP contribution in [0.25, 0.3) is 10.9 Å². The van der Waals surface area contributed by atoms with Gasteiger partial charge in [-0.2, -0.15) is 0 Å². The minimum atomic E-state index is -3.33. The van der Waals surface area contributed by atoms with E-state index in [0.29, 0.717) is 53.4 Å². The SMILES string of the molecule is CS(=O)(=O)c1ccc(NC(=O)C2=CCCC=C2N2CCN(C(=O)Cn3c(C(=O)O)cc4cc(Cl)ccc43)CC2)cc1. The second kappa shape index (κ2) is 11.4. The summed E-state index contributed by atoms with van der Waals surface area (Å²) in [5, 5.41) is 13.7. The first kappa shape index (κ1) is 28.4. The van der Waals surface area contributed by atoms with Gasteiger partial charge in [0, 0.05) is 59.7 Å². The van der Waals surface area contributed by atoms with Crippen molar-refractivity contribution >= 4 is 55.8 Å². The molecule has 1 aromatic heterocycles. The normalized spacial score (nSPS) is 15.9. The first-order valence-corrected chi connectivity index (χ1v) is 15.3. The molecule has 2 aliphatic rings. The van der Waals surface area contributed by atoms with Gasteiger partial charge in [0.1, 0.15) is 12.2 Å². The van der Waals surface area contributed by atoms with Crippen molar-refractivity contribution in [2.24, 2.45) is 0 Å². The second-order valence-electron chi connectivity index (χ2n) is 10.0. The van der Waals surface area contributed by atoms with Crippen LogP contribution in [0.15, 0.2) is 76.8 Å². The molecule has 2 heterocycles. The summed E-state index contributed by atoms with van der Waals surface area (Å²) in [5.41, 5.74) is 2.47. The number of allylic oxidation sites excluding steroid dienone is 2. The van der Waals surface area contributed by atoms with Crippen LogP contribution < -0.4 is 5.32 Å². The molecule has 0 radical (unpaired) electrons. The monoisotopic (exact) mass is 596 g/mol. The van der Waals surface area contributed by atoms with Gasteiger partial charge in [-0.15, -0.1) is 0 Å². The fourth-order valence-electron chi connectivity index (χ4n) is 5.18. The third-order valence-electron chi connectivity index (χ3n) is 7.26. The van der Waals surface area contributed by atoms with Crippen molar-refractivity contribution in [3.05, 3.63) is 82.7 Å². The number of nitrogens with one attached hydrogen (secondary N) is 1. The van der Waals surface area contributed by atoms with E-state index in [0.717, 1.165) is 24.8 Å². The van der Waals surface area contributed by atoms with E-state index in [2.05, 4.69) is 10.2 Å². The number of piperazine rings is 1. The van der Waals surface area contributed by atoms with Gasteiger partial charge in [-0.1, -0.05) is 23.8 Å². The van der Waals surface area contributed by atoms with Crippen molar-refractivity contribution in [1.82, 2.24) is 14.4 Å². The molecule has 0 unspecified atom stereocenters. The van der Waals surface area contributed by atoms with Crippen LogP contribution in [0.1, 0.15) is 23.3 Å². The predicted octanol–water partition coefficient (Wildman–Crippen LogP) is 3.78. The summed E-state index contributed by atoms with van der Waals surface area (Å²) in [5.74, 6) is -1.60. The number of halogens is 1. The number of amides is 2. The van der Waals surface area contributed by atoms with Crippen LogP contribution in [0.4, 0.5) is 5.69 Å². The van der Waals surface area contributed by atoms with Gasteiger partial charge in [0.25, 0.3) is 5.91 Å². The summed E-state index contributed by atoms with van der Waals surface area (Å²) in [6, 6.07) is 12.6. The molecule has 1 aliphatic heterocycles. The molecule has 5 rings (SSSR count). The molecule has 41 heavy (non-hydrogen) atoms. The molecule has 0 atom stereocenters. The summed E-state index contributed by atoms with van der Waals surface area (Å²) >= 11 is 6.07. The Morgan fingerprint density at radius 2 is 1.63 bits per heavy atom. The number of carbonyl (C=O) groups is 3. The number of carboxylic acids is 1. The fourth-order valence-corrected chi connectivity index (χ4v) is 5.99. The predicted molar refractivity (Wildman–Crippen MR) is 156 cm³/mol. The van der Waals surface area contributed by atoms with Gasteiger partial charge in [0.05, 0.1) is 10.5 Å². The average molecular weight is 597 g/mol. The van der Waals surface area contributed by atoms with Crippen LogP contribution in [-0.2, 0) is 26.0 Å².